The van der Waals surface area contributed by atoms with Gasteiger partial charge < -0.3 is 5.32 Å². The molecule has 0 bridgehead atoms. The SMILES string of the molecule is CC1CN(CC2NCCC2C)CCS1. The Balaban J connectivity index is 1.78. The topological polar surface area (TPSA) is 15.3 Å². The van der Waals surface area contributed by atoms with E-state index < -0.39 is 0 Å². The summed E-state index contributed by atoms with van der Waals surface area (Å²) in [4.78, 5) is 2.64. The summed E-state index contributed by atoms with van der Waals surface area (Å²) in [6.45, 7) is 9.81. The summed E-state index contributed by atoms with van der Waals surface area (Å²) in [7, 11) is 0. The van der Waals surface area contributed by atoms with Crippen LogP contribution in [0.25, 0.3) is 0 Å². The van der Waals surface area contributed by atoms with Crippen molar-refractivity contribution in [3.8, 4) is 0 Å². The van der Waals surface area contributed by atoms with Gasteiger partial charge in [-0.1, -0.05) is 13.8 Å². The van der Waals surface area contributed by atoms with Crippen molar-refractivity contribution < 1.29 is 0 Å². The lowest BCUT2D eigenvalue weighted by molar-refractivity contribution is 0.243. The van der Waals surface area contributed by atoms with Gasteiger partial charge in [0, 0.05) is 36.7 Å². The molecule has 0 radical (unpaired) electrons. The van der Waals surface area contributed by atoms with Crippen molar-refractivity contribution in [3.05, 3.63) is 0 Å². The fourth-order valence-corrected chi connectivity index (χ4v) is 3.56. The summed E-state index contributed by atoms with van der Waals surface area (Å²) in [5.74, 6) is 2.20. The Morgan fingerprint density at radius 2 is 2.29 bits per heavy atom. The van der Waals surface area contributed by atoms with Crippen molar-refractivity contribution in [2.45, 2.75) is 31.6 Å². The van der Waals surface area contributed by atoms with Crippen LogP contribution in [0.5, 0.6) is 0 Å². The molecule has 2 nitrogen and oxygen atoms in total. The Morgan fingerprint density at radius 3 is 2.93 bits per heavy atom. The third kappa shape index (κ3) is 2.65. The number of rotatable bonds is 2. The predicted octanol–water partition coefficient (Wildman–Crippen LogP) is 1.42. The van der Waals surface area contributed by atoms with Crippen LogP contribution in [0.2, 0.25) is 0 Å². The average Bonchev–Trinajstić information content (AvgIpc) is 2.52. The lowest BCUT2D eigenvalue weighted by Crippen LogP contribution is -2.45. The van der Waals surface area contributed by atoms with Crippen LogP contribution in [-0.4, -0.2) is 48.1 Å². The average molecular weight is 214 g/mol. The highest BCUT2D eigenvalue weighted by Crippen LogP contribution is 2.20. The number of nitrogens with one attached hydrogen (secondary N) is 1. The van der Waals surface area contributed by atoms with Gasteiger partial charge in [0.25, 0.3) is 0 Å². The minimum Gasteiger partial charge on any atom is -0.312 e. The van der Waals surface area contributed by atoms with Gasteiger partial charge in [-0.15, -0.1) is 0 Å². The molecule has 0 aromatic carbocycles. The third-order valence-corrected chi connectivity index (χ3v) is 4.61. The normalized spacial score (nSPS) is 40.3. The van der Waals surface area contributed by atoms with Crippen molar-refractivity contribution in [2.75, 3.05) is 31.9 Å². The largest absolute Gasteiger partial charge is 0.312 e. The molecule has 3 heteroatoms. The van der Waals surface area contributed by atoms with Gasteiger partial charge in [-0.3, -0.25) is 4.90 Å². The minimum atomic E-state index is 0.755. The molecule has 2 heterocycles. The van der Waals surface area contributed by atoms with E-state index >= 15 is 0 Å². The van der Waals surface area contributed by atoms with Gasteiger partial charge in [-0.05, 0) is 18.9 Å². The number of thioether (sulfide) groups is 1. The monoisotopic (exact) mass is 214 g/mol. The van der Waals surface area contributed by atoms with Gasteiger partial charge in [0.1, 0.15) is 0 Å². The molecule has 2 saturated heterocycles. The van der Waals surface area contributed by atoms with Gasteiger partial charge in [0.2, 0.25) is 0 Å². The standard InChI is InChI=1S/C11H22N2S/c1-9-3-4-12-11(9)8-13-5-6-14-10(2)7-13/h9-12H,3-8H2,1-2H3. The summed E-state index contributed by atoms with van der Waals surface area (Å²) < 4.78 is 0. The first-order valence-electron chi connectivity index (χ1n) is 5.83. The molecule has 2 aliphatic rings. The van der Waals surface area contributed by atoms with Gasteiger partial charge in [-0.2, -0.15) is 11.8 Å². The Kier molecular flexibility index (Phi) is 3.74. The second kappa shape index (κ2) is 4.86. The second-order valence-corrected chi connectivity index (χ2v) is 6.31. The van der Waals surface area contributed by atoms with E-state index in [9.17, 15) is 0 Å². The first kappa shape index (κ1) is 10.8. The van der Waals surface area contributed by atoms with Crippen LogP contribution in [0.4, 0.5) is 0 Å². The lowest BCUT2D eigenvalue weighted by atomic mass is 10.0. The smallest absolute Gasteiger partial charge is 0.0221 e. The highest BCUT2D eigenvalue weighted by molar-refractivity contribution is 7.99. The van der Waals surface area contributed by atoms with Crippen LogP contribution in [0.3, 0.4) is 0 Å². The van der Waals surface area contributed by atoms with Crippen LogP contribution < -0.4 is 5.32 Å². The van der Waals surface area contributed by atoms with E-state index in [0.717, 1.165) is 17.2 Å². The molecule has 2 aliphatic heterocycles. The Morgan fingerprint density at radius 1 is 1.43 bits per heavy atom. The fourth-order valence-electron chi connectivity index (χ4n) is 2.48. The van der Waals surface area contributed by atoms with E-state index in [1.54, 1.807) is 0 Å². The molecule has 0 amide bonds. The zero-order valence-corrected chi connectivity index (χ0v) is 10.1. The molecule has 0 spiro atoms. The van der Waals surface area contributed by atoms with E-state index in [1.165, 1.54) is 38.4 Å². The van der Waals surface area contributed by atoms with Crippen molar-refractivity contribution in [1.82, 2.24) is 10.2 Å². The highest BCUT2D eigenvalue weighted by Gasteiger charge is 2.26. The molecule has 0 aromatic heterocycles. The number of nitrogens with zero attached hydrogens (tertiary/aromatic N) is 1. The zero-order valence-electron chi connectivity index (χ0n) is 9.33. The Bertz CT molecular complexity index is 186. The molecule has 2 fully saturated rings. The fraction of sp³-hybridized carbons (Fsp3) is 1.00. The maximum atomic E-state index is 3.62. The van der Waals surface area contributed by atoms with Gasteiger partial charge in [0.05, 0.1) is 0 Å². The van der Waals surface area contributed by atoms with E-state index in [4.69, 9.17) is 0 Å². The lowest BCUT2D eigenvalue weighted by Gasteiger charge is -2.33. The molecule has 1 N–H and O–H groups in total. The van der Waals surface area contributed by atoms with Gasteiger partial charge in [0.15, 0.2) is 0 Å². The second-order valence-electron chi connectivity index (χ2n) is 4.77. The van der Waals surface area contributed by atoms with Crippen LogP contribution >= 0.6 is 11.8 Å². The van der Waals surface area contributed by atoms with E-state index in [-0.39, 0.29) is 0 Å². The minimum absolute atomic E-state index is 0.755. The first-order chi connectivity index (χ1) is 6.75. The first-order valence-corrected chi connectivity index (χ1v) is 6.88. The number of hydrogen-bond donors (Lipinski definition) is 1. The molecule has 14 heavy (non-hydrogen) atoms. The summed E-state index contributed by atoms with van der Waals surface area (Å²) >= 11 is 2.12. The molecule has 0 aliphatic carbocycles. The molecule has 0 saturated carbocycles. The van der Waals surface area contributed by atoms with Crippen LogP contribution in [-0.2, 0) is 0 Å². The van der Waals surface area contributed by atoms with E-state index in [1.807, 2.05) is 0 Å². The van der Waals surface area contributed by atoms with Crippen molar-refractivity contribution >= 4 is 11.8 Å². The van der Waals surface area contributed by atoms with Crippen molar-refractivity contribution in [2.24, 2.45) is 5.92 Å². The molecule has 2 rings (SSSR count). The molecule has 0 aromatic rings. The predicted molar refractivity (Wildman–Crippen MR) is 63.9 cm³/mol. The Labute approximate surface area is 91.8 Å². The van der Waals surface area contributed by atoms with Gasteiger partial charge >= 0.3 is 0 Å². The van der Waals surface area contributed by atoms with Crippen LogP contribution in [0.15, 0.2) is 0 Å². The molecule has 82 valence electrons. The summed E-state index contributed by atoms with van der Waals surface area (Å²) in [6, 6.07) is 0.755. The quantitative estimate of drug-likeness (QED) is 0.748. The van der Waals surface area contributed by atoms with Crippen LogP contribution in [0, 0.1) is 5.92 Å². The van der Waals surface area contributed by atoms with E-state index in [0.29, 0.717) is 0 Å². The Hall–Kier alpha value is 0.270. The summed E-state index contributed by atoms with van der Waals surface area (Å²) in [5.41, 5.74) is 0. The molecular weight excluding hydrogens is 192 g/mol. The van der Waals surface area contributed by atoms with Crippen molar-refractivity contribution in [1.29, 1.82) is 0 Å². The number of hydrogen-bond acceptors (Lipinski definition) is 3. The molecule has 3 unspecified atom stereocenters. The third-order valence-electron chi connectivity index (χ3n) is 3.47. The zero-order chi connectivity index (χ0) is 9.97. The van der Waals surface area contributed by atoms with E-state index in [2.05, 4.69) is 35.8 Å². The van der Waals surface area contributed by atoms with Crippen molar-refractivity contribution in [3.63, 3.8) is 0 Å². The molecule has 3 atom stereocenters. The maximum Gasteiger partial charge on any atom is 0.0221 e. The summed E-state index contributed by atoms with van der Waals surface area (Å²) in [5, 5.41) is 4.45. The molecular formula is C11H22N2S. The van der Waals surface area contributed by atoms with Crippen LogP contribution in [0.1, 0.15) is 20.3 Å². The summed E-state index contributed by atoms with van der Waals surface area (Å²) in [6.07, 6.45) is 1.36. The van der Waals surface area contributed by atoms with Gasteiger partial charge in [-0.25, -0.2) is 0 Å². The maximum absolute atomic E-state index is 3.62. The highest BCUT2D eigenvalue weighted by atomic mass is 32.2.